The van der Waals surface area contributed by atoms with Crippen molar-refractivity contribution in [3.8, 4) is 0 Å². The summed E-state index contributed by atoms with van der Waals surface area (Å²) in [5, 5.41) is 0. The van der Waals surface area contributed by atoms with Crippen LogP contribution in [0.4, 0.5) is 5.69 Å². The van der Waals surface area contributed by atoms with E-state index in [0.29, 0.717) is 17.0 Å². The molecule has 0 saturated heterocycles. The third-order valence-corrected chi connectivity index (χ3v) is 6.64. The molecule has 0 radical (unpaired) electrons. The fourth-order valence-electron chi connectivity index (χ4n) is 5.09. The van der Waals surface area contributed by atoms with E-state index in [1.54, 1.807) is 11.6 Å². The maximum absolute atomic E-state index is 11.0. The number of anilines is 1. The van der Waals surface area contributed by atoms with E-state index >= 15 is 0 Å². The highest BCUT2D eigenvalue weighted by molar-refractivity contribution is 7.87. The molecule has 0 amide bonds. The number of aryl methyl sites for hydroxylation is 1. The van der Waals surface area contributed by atoms with Crippen LogP contribution in [0.3, 0.4) is 0 Å². The molecule has 1 aromatic rings. The summed E-state index contributed by atoms with van der Waals surface area (Å²) in [5.74, 6) is 0.519. The Balaban J connectivity index is 1.76. The first-order chi connectivity index (χ1) is 11.3. The topological polar surface area (TPSA) is 66.4 Å². The number of fused-ring (bicyclic) bond motifs is 4. The maximum atomic E-state index is 11.0. The van der Waals surface area contributed by atoms with Gasteiger partial charge in [0.15, 0.2) is 0 Å². The zero-order valence-electron chi connectivity index (χ0n) is 13.9. The van der Waals surface area contributed by atoms with Crippen molar-refractivity contribution in [2.24, 2.45) is 11.3 Å². The van der Waals surface area contributed by atoms with Gasteiger partial charge in [0.2, 0.25) is 0 Å². The van der Waals surface area contributed by atoms with Crippen molar-refractivity contribution in [3.05, 3.63) is 47.1 Å². The first-order valence-electron chi connectivity index (χ1n) is 8.55. The second-order valence-electron chi connectivity index (χ2n) is 7.70. The second-order valence-corrected chi connectivity index (χ2v) is 8.85. The lowest BCUT2D eigenvalue weighted by molar-refractivity contribution is 0.241. The normalized spacial score (nSPS) is 29.1. The van der Waals surface area contributed by atoms with Gasteiger partial charge in [0.1, 0.15) is 0 Å². The number of hydrogen-bond acceptors (Lipinski definition) is 2. The largest absolute Gasteiger partial charge is 0.357 e. The number of nitrogens with one attached hydrogen (secondary N) is 1. The molecule has 0 bridgehead atoms. The molecule has 2 N–H and O–H groups in total. The van der Waals surface area contributed by atoms with E-state index in [9.17, 15) is 8.42 Å². The summed E-state index contributed by atoms with van der Waals surface area (Å²) < 4.78 is 33.2. The number of hydrogen-bond donors (Lipinski definition) is 2. The van der Waals surface area contributed by atoms with Crippen LogP contribution in [0, 0.1) is 11.3 Å². The van der Waals surface area contributed by atoms with E-state index in [4.69, 9.17) is 4.55 Å². The van der Waals surface area contributed by atoms with Gasteiger partial charge in [-0.3, -0.25) is 9.27 Å². The molecule has 128 valence electrons. The standard InChI is InChI=1S/C19H23NO3S/c1-12-7-9-19(2)10-8-16-15-6-4-14(20-24(21,22)23)11-13(15)3-5-17(16)18(12)19/h4,6,11,18,20H,1,3,5,7-10H2,2H3,(H,21,22,23)/t18-,19-/m0/s1. The Bertz CT molecular complexity index is 869. The van der Waals surface area contributed by atoms with Crippen LogP contribution < -0.4 is 4.72 Å². The van der Waals surface area contributed by atoms with E-state index in [-0.39, 0.29) is 0 Å². The van der Waals surface area contributed by atoms with Crippen molar-refractivity contribution in [1.29, 1.82) is 0 Å². The van der Waals surface area contributed by atoms with Crippen molar-refractivity contribution in [3.63, 3.8) is 0 Å². The summed E-state index contributed by atoms with van der Waals surface area (Å²) in [6, 6.07) is 5.59. The average Bonchev–Trinajstić information content (AvgIpc) is 2.81. The summed E-state index contributed by atoms with van der Waals surface area (Å²) in [6.45, 7) is 6.76. The van der Waals surface area contributed by atoms with E-state index in [0.717, 1.165) is 31.2 Å². The molecule has 0 aliphatic heterocycles. The van der Waals surface area contributed by atoms with Gasteiger partial charge in [0.25, 0.3) is 0 Å². The van der Waals surface area contributed by atoms with E-state index in [1.165, 1.54) is 29.6 Å². The minimum atomic E-state index is -4.23. The number of allylic oxidation sites excluding steroid dienone is 3. The fourth-order valence-corrected chi connectivity index (χ4v) is 5.51. The quantitative estimate of drug-likeness (QED) is 0.618. The Labute approximate surface area is 143 Å². The van der Waals surface area contributed by atoms with Gasteiger partial charge >= 0.3 is 10.3 Å². The summed E-state index contributed by atoms with van der Waals surface area (Å²) in [7, 11) is -4.23. The minimum Gasteiger partial charge on any atom is -0.269 e. The molecule has 24 heavy (non-hydrogen) atoms. The lowest BCUT2D eigenvalue weighted by Crippen LogP contribution is -2.30. The first kappa shape index (κ1) is 15.9. The van der Waals surface area contributed by atoms with Gasteiger partial charge in [-0.1, -0.05) is 30.7 Å². The SMILES string of the molecule is C=C1CC[C@@]2(C)CCC3=C(CCc4cc(NS(=O)(=O)O)ccc43)[C@H]12. The lowest BCUT2D eigenvalue weighted by Gasteiger charge is -2.42. The van der Waals surface area contributed by atoms with Crippen LogP contribution >= 0.6 is 0 Å². The Hall–Kier alpha value is -1.59. The van der Waals surface area contributed by atoms with Gasteiger partial charge in [-0.25, -0.2) is 0 Å². The Morgan fingerprint density at radius 2 is 1.96 bits per heavy atom. The van der Waals surface area contributed by atoms with Crippen LogP contribution in [-0.4, -0.2) is 13.0 Å². The highest BCUT2D eigenvalue weighted by Crippen LogP contribution is 2.59. The second kappa shape index (κ2) is 5.20. The Morgan fingerprint density at radius 3 is 2.71 bits per heavy atom. The molecule has 0 aromatic heterocycles. The van der Waals surface area contributed by atoms with Crippen molar-refractivity contribution >= 4 is 21.6 Å². The summed E-state index contributed by atoms with van der Waals surface area (Å²) in [4.78, 5) is 0. The molecule has 1 fully saturated rings. The summed E-state index contributed by atoms with van der Waals surface area (Å²) >= 11 is 0. The molecule has 5 heteroatoms. The summed E-state index contributed by atoms with van der Waals surface area (Å²) in [5.41, 5.74) is 7.60. The molecule has 3 aliphatic rings. The molecule has 0 spiro atoms. The van der Waals surface area contributed by atoms with Crippen LogP contribution in [0.2, 0.25) is 0 Å². The van der Waals surface area contributed by atoms with Gasteiger partial charge in [-0.05, 0) is 72.8 Å². The lowest BCUT2D eigenvalue weighted by atomic mass is 9.62. The predicted molar refractivity (Wildman–Crippen MR) is 96.1 cm³/mol. The van der Waals surface area contributed by atoms with Crippen LogP contribution in [0.25, 0.3) is 5.57 Å². The Kier molecular flexibility index (Phi) is 3.45. The molecule has 1 aromatic carbocycles. The fraction of sp³-hybridized carbons (Fsp3) is 0.474. The molecule has 0 unspecified atom stereocenters. The van der Waals surface area contributed by atoms with Gasteiger partial charge in [0, 0.05) is 5.92 Å². The molecule has 2 atom stereocenters. The molecule has 0 heterocycles. The monoisotopic (exact) mass is 345 g/mol. The van der Waals surface area contributed by atoms with Crippen molar-refractivity contribution in [1.82, 2.24) is 0 Å². The van der Waals surface area contributed by atoms with Crippen molar-refractivity contribution < 1.29 is 13.0 Å². The van der Waals surface area contributed by atoms with E-state index in [2.05, 4.69) is 18.2 Å². The van der Waals surface area contributed by atoms with Crippen LogP contribution in [0.1, 0.15) is 50.2 Å². The van der Waals surface area contributed by atoms with Gasteiger partial charge < -0.3 is 0 Å². The molecule has 1 saturated carbocycles. The minimum absolute atomic E-state index is 0.375. The smallest absolute Gasteiger partial charge is 0.269 e. The zero-order chi connectivity index (χ0) is 17.1. The van der Waals surface area contributed by atoms with Gasteiger partial charge in [0.05, 0.1) is 5.69 Å². The maximum Gasteiger partial charge on any atom is 0.357 e. The molecular weight excluding hydrogens is 322 g/mol. The van der Waals surface area contributed by atoms with Gasteiger partial charge in [-0.15, -0.1) is 0 Å². The number of benzene rings is 1. The van der Waals surface area contributed by atoms with Crippen molar-refractivity contribution in [2.45, 2.75) is 45.4 Å². The van der Waals surface area contributed by atoms with Crippen molar-refractivity contribution in [2.75, 3.05) is 4.72 Å². The highest BCUT2D eigenvalue weighted by Gasteiger charge is 2.46. The zero-order valence-corrected chi connectivity index (χ0v) is 14.7. The van der Waals surface area contributed by atoms with E-state index < -0.39 is 10.3 Å². The molecule has 4 nitrogen and oxygen atoms in total. The number of rotatable bonds is 2. The van der Waals surface area contributed by atoms with E-state index in [1.807, 2.05) is 12.1 Å². The van der Waals surface area contributed by atoms with Crippen LogP contribution in [0.5, 0.6) is 0 Å². The average molecular weight is 345 g/mol. The molecule has 3 aliphatic carbocycles. The summed E-state index contributed by atoms with van der Waals surface area (Å²) in [6.07, 6.45) is 6.61. The highest BCUT2D eigenvalue weighted by atomic mass is 32.2. The molecule has 4 rings (SSSR count). The Morgan fingerprint density at radius 1 is 1.21 bits per heavy atom. The van der Waals surface area contributed by atoms with Gasteiger partial charge in [-0.2, -0.15) is 8.42 Å². The van der Waals surface area contributed by atoms with Crippen LogP contribution in [-0.2, 0) is 16.7 Å². The first-order valence-corrected chi connectivity index (χ1v) is 9.99. The van der Waals surface area contributed by atoms with Crippen LogP contribution in [0.15, 0.2) is 35.9 Å². The predicted octanol–water partition coefficient (Wildman–Crippen LogP) is 4.37. The third-order valence-electron chi connectivity index (χ3n) is 6.15. The molecular formula is C19H23NO3S. The third kappa shape index (κ3) is 2.50.